The van der Waals surface area contributed by atoms with Gasteiger partial charge in [0.05, 0.1) is 11.5 Å². The molecule has 0 bridgehead atoms. The van der Waals surface area contributed by atoms with Crippen LogP contribution < -0.4 is 5.32 Å². The third kappa shape index (κ3) is 3.52. The van der Waals surface area contributed by atoms with E-state index in [0.29, 0.717) is 39.1 Å². The maximum absolute atomic E-state index is 12.9. The van der Waals surface area contributed by atoms with Gasteiger partial charge in [-0.1, -0.05) is 0 Å². The fraction of sp³-hybridized carbons (Fsp3) is 0.500. The van der Waals surface area contributed by atoms with E-state index < -0.39 is 5.54 Å². The van der Waals surface area contributed by atoms with E-state index in [9.17, 15) is 9.59 Å². The number of nitrogens with zero attached hydrogens (tertiary/aromatic N) is 3. The zero-order valence-corrected chi connectivity index (χ0v) is 15.9. The van der Waals surface area contributed by atoms with Crippen molar-refractivity contribution in [1.29, 1.82) is 0 Å². The lowest BCUT2D eigenvalue weighted by Crippen LogP contribution is -2.56. The van der Waals surface area contributed by atoms with E-state index >= 15 is 0 Å². The van der Waals surface area contributed by atoms with Crippen molar-refractivity contribution in [3.8, 4) is 0 Å². The fourth-order valence-corrected chi connectivity index (χ4v) is 4.22. The molecule has 1 aliphatic heterocycles. The van der Waals surface area contributed by atoms with Gasteiger partial charge < -0.3 is 15.0 Å². The Labute approximate surface area is 156 Å². The second-order valence-corrected chi connectivity index (χ2v) is 7.37. The van der Waals surface area contributed by atoms with E-state index in [4.69, 9.17) is 4.74 Å². The predicted octanol–water partition coefficient (Wildman–Crippen LogP) is 1.65. The molecule has 0 radical (unpaired) electrons. The molecule has 7 nitrogen and oxygen atoms in total. The van der Waals surface area contributed by atoms with E-state index in [0.717, 1.165) is 10.4 Å². The Bertz CT molecular complexity index is 748. The summed E-state index contributed by atoms with van der Waals surface area (Å²) < 4.78 is 6.74. The van der Waals surface area contributed by atoms with E-state index in [2.05, 4.69) is 10.4 Å². The van der Waals surface area contributed by atoms with Gasteiger partial charge in [-0.25, -0.2) is 0 Å². The Balaban J connectivity index is 1.74. The smallest absolute Gasteiger partial charge is 0.264 e. The van der Waals surface area contributed by atoms with E-state index in [1.54, 1.807) is 18.0 Å². The van der Waals surface area contributed by atoms with Gasteiger partial charge >= 0.3 is 0 Å². The topological polar surface area (TPSA) is 76.5 Å². The number of piperidine rings is 1. The number of methoxy groups -OCH3 is 1. The van der Waals surface area contributed by atoms with Gasteiger partial charge in [0, 0.05) is 39.1 Å². The number of likely N-dealkylation sites (tertiary alicyclic amines) is 1. The van der Waals surface area contributed by atoms with Crippen molar-refractivity contribution >= 4 is 23.2 Å². The first-order chi connectivity index (χ1) is 12.6. The predicted molar refractivity (Wildman–Crippen MR) is 99.3 cm³/mol. The lowest BCUT2D eigenvalue weighted by atomic mass is 9.86. The summed E-state index contributed by atoms with van der Waals surface area (Å²) >= 11 is 1.47. The molecule has 0 saturated carbocycles. The highest BCUT2D eigenvalue weighted by atomic mass is 32.1. The number of thiophene rings is 1. The minimum absolute atomic E-state index is 0.0476. The maximum Gasteiger partial charge on any atom is 0.264 e. The molecule has 1 fully saturated rings. The molecule has 1 aliphatic rings. The Morgan fingerprint density at radius 3 is 2.73 bits per heavy atom. The largest absolute Gasteiger partial charge is 0.383 e. The maximum atomic E-state index is 12.9. The lowest BCUT2D eigenvalue weighted by Gasteiger charge is -2.40. The molecule has 3 rings (SSSR count). The second-order valence-electron chi connectivity index (χ2n) is 6.46. The number of nitrogens with one attached hydrogen (secondary N) is 1. The SMILES string of the molecule is COCCNC(=O)C1(n2cccn2)CCN(C(=O)c2sccc2C)CC1. The summed E-state index contributed by atoms with van der Waals surface area (Å²) in [5.74, 6) is -0.0241. The molecule has 8 heteroatoms. The number of aryl methyl sites for hydroxylation is 1. The summed E-state index contributed by atoms with van der Waals surface area (Å²) in [6.07, 6.45) is 4.56. The standard InChI is InChI=1S/C18H24N4O3S/c1-14-4-13-26-15(14)16(23)21-10-5-18(6-11-21,22-9-3-7-20-22)17(24)19-8-12-25-2/h3-4,7,9,13H,5-6,8,10-12H2,1-2H3,(H,19,24). The number of carbonyl (C=O) groups excluding carboxylic acids is 2. The average molecular weight is 376 g/mol. The highest BCUT2D eigenvalue weighted by Gasteiger charge is 2.44. The van der Waals surface area contributed by atoms with E-state index in [1.807, 2.05) is 35.5 Å². The van der Waals surface area contributed by atoms with Gasteiger partial charge in [0.25, 0.3) is 5.91 Å². The van der Waals surface area contributed by atoms with Crippen LogP contribution in [0.1, 0.15) is 28.1 Å². The van der Waals surface area contributed by atoms with Gasteiger partial charge in [0.15, 0.2) is 0 Å². The number of amides is 2. The van der Waals surface area contributed by atoms with E-state index in [1.165, 1.54) is 11.3 Å². The van der Waals surface area contributed by atoms with Crippen LogP contribution in [0.2, 0.25) is 0 Å². The van der Waals surface area contributed by atoms with Crippen LogP contribution in [-0.2, 0) is 15.1 Å². The van der Waals surface area contributed by atoms with Crippen molar-refractivity contribution in [2.45, 2.75) is 25.3 Å². The third-order valence-electron chi connectivity index (χ3n) is 4.89. The highest BCUT2D eigenvalue weighted by molar-refractivity contribution is 7.12. The molecule has 0 aromatic carbocycles. The number of rotatable bonds is 6. The van der Waals surface area contributed by atoms with Crippen molar-refractivity contribution in [3.63, 3.8) is 0 Å². The number of carbonyl (C=O) groups is 2. The summed E-state index contributed by atoms with van der Waals surface area (Å²) in [6.45, 7) is 3.91. The van der Waals surface area contributed by atoms with Gasteiger partial charge in [-0.05, 0) is 42.8 Å². The van der Waals surface area contributed by atoms with Crippen LogP contribution in [0.15, 0.2) is 29.9 Å². The first-order valence-corrected chi connectivity index (χ1v) is 9.57. The summed E-state index contributed by atoms with van der Waals surface area (Å²) in [5, 5.41) is 9.19. The number of aromatic nitrogens is 2. The molecule has 2 amide bonds. The second kappa shape index (κ2) is 8.01. The quantitative estimate of drug-likeness (QED) is 0.778. The monoisotopic (exact) mass is 376 g/mol. The molecule has 1 saturated heterocycles. The summed E-state index contributed by atoms with van der Waals surface area (Å²) in [4.78, 5) is 28.3. The third-order valence-corrected chi connectivity index (χ3v) is 5.90. The molecule has 2 aromatic heterocycles. The van der Waals surface area contributed by atoms with Gasteiger partial charge in [-0.15, -0.1) is 11.3 Å². The Hall–Kier alpha value is -2.19. The molecule has 0 aliphatic carbocycles. The van der Waals surface area contributed by atoms with Crippen molar-refractivity contribution in [3.05, 3.63) is 40.3 Å². The lowest BCUT2D eigenvalue weighted by molar-refractivity contribution is -0.133. The minimum Gasteiger partial charge on any atom is -0.383 e. The van der Waals surface area contributed by atoms with Gasteiger partial charge in [-0.2, -0.15) is 5.10 Å². The molecule has 1 N–H and O–H groups in total. The Kier molecular flexibility index (Phi) is 5.73. The fourth-order valence-electron chi connectivity index (χ4n) is 3.33. The van der Waals surface area contributed by atoms with Crippen LogP contribution in [-0.4, -0.2) is 59.8 Å². The molecule has 2 aromatic rings. The van der Waals surface area contributed by atoms with Crippen LogP contribution in [0.5, 0.6) is 0 Å². The molecular formula is C18H24N4O3S. The molecule has 26 heavy (non-hydrogen) atoms. The molecular weight excluding hydrogens is 352 g/mol. The number of hydrogen-bond donors (Lipinski definition) is 1. The molecule has 0 atom stereocenters. The first kappa shape index (κ1) is 18.6. The van der Waals surface area contributed by atoms with Crippen molar-refractivity contribution < 1.29 is 14.3 Å². The number of ether oxygens (including phenoxy) is 1. The normalized spacial score (nSPS) is 16.5. The van der Waals surface area contributed by atoms with Gasteiger partial charge in [-0.3, -0.25) is 14.3 Å². The summed E-state index contributed by atoms with van der Waals surface area (Å²) in [7, 11) is 1.60. The summed E-state index contributed by atoms with van der Waals surface area (Å²) in [5.41, 5.74) is 0.236. The number of hydrogen-bond acceptors (Lipinski definition) is 5. The van der Waals surface area contributed by atoms with Crippen molar-refractivity contribution in [1.82, 2.24) is 20.0 Å². The Morgan fingerprint density at radius 1 is 1.38 bits per heavy atom. The van der Waals surface area contributed by atoms with E-state index in [-0.39, 0.29) is 11.8 Å². The highest BCUT2D eigenvalue weighted by Crippen LogP contribution is 2.31. The average Bonchev–Trinajstić information content (AvgIpc) is 3.33. The van der Waals surface area contributed by atoms with Crippen molar-refractivity contribution in [2.24, 2.45) is 0 Å². The Morgan fingerprint density at radius 2 is 2.15 bits per heavy atom. The minimum atomic E-state index is -0.765. The van der Waals surface area contributed by atoms with Crippen LogP contribution >= 0.6 is 11.3 Å². The molecule has 3 heterocycles. The summed E-state index contributed by atoms with van der Waals surface area (Å²) in [6, 6.07) is 3.77. The van der Waals surface area contributed by atoms with Crippen molar-refractivity contribution in [2.75, 3.05) is 33.4 Å². The molecule has 0 unspecified atom stereocenters. The van der Waals surface area contributed by atoms with Crippen LogP contribution in [0.4, 0.5) is 0 Å². The zero-order chi connectivity index (χ0) is 18.6. The van der Waals surface area contributed by atoms with Crippen LogP contribution in [0.25, 0.3) is 0 Å². The first-order valence-electron chi connectivity index (χ1n) is 8.69. The van der Waals surface area contributed by atoms with Gasteiger partial charge in [0.2, 0.25) is 5.91 Å². The molecule has 0 spiro atoms. The molecule has 140 valence electrons. The zero-order valence-electron chi connectivity index (χ0n) is 15.1. The van der Waals surface area contributed by atoms with Crippen LogP contribution in [0, 0.1) is 6.92 Å². The van der Waals surface area contributed by atoms with Crippen LogP contribution in [0.3, 0.4) is 0 Å². The van der Waals surface area contributed by atoms with Gasteiger partial charge in [0.1, 0.15) is 5.54 Å².